The van der Waals surface area contributed by atoms with Crippen molar-refractivity contribution in [3.63, 3.8) is 0 Å². The molecule has 2 unspecified atom stereocenters. The summed E-state index contributed by atoms with van der Waals surface area (Å²) in [6.45, 7) is 1.90. The average Bonchev–Trinajstić information content (AvgIpc) is 1.87. The van der Waals surface area contributed by atoms with E-state index in [4.69, 9.17) is 1.41 Å². The van der Waals surface area contributed by atoms with Crippen molar-refractivity contribution in [3.05, 3.63) is 0 Å². The first-order chi connectivity index (χ1) is 4.27. The number of fused-ring (bicyclic) bond motifs is 2. The molecule has 3 saturated heterocycles. The Balaban J connectivity index is 2.01. The van der Waals surface area contributed by atoms with Crippen LogP contribution in [0.1, 0.15) is 6.42 Å². The third kappa shape index (κ3) is 0.446. The minimum Gasteiger partial charge on any atom is -0.314 e. The lowest BCUT2D eigenvalue weighted by Crippen LogP contribution is -2.66. The molecule has 0 aromatic carbocycles. The summed E-state index contributed by atoms with van der Waals surface area (Å²) in [6, 6.07) is 1.39. The summed E-state index contributed by atoms with van der Waals surface area (Å²) in [5, 5.41) is 1.68. The Bertz CT molecular complexity index is 116. The van der Waals surface area contributed by atoms with E-state index in [0.29, 0.717) is 12.1 Å². The third-order valence-electron chi connectivity index (χ3n) is 2.38. The molecule has 46 valence electrons. The Labute approximate surface area is 51.3 Å². The number of piperazine rings is 1. The molecule has 1 N–H and O–H groups in total. The van der Waals surface area contributed by atoms with Crippen LogP contribution in [-0.4, -0.2) is 37.1 Å². The van der Waals surface area contributed by atoms with Crippen LogP contribution < -0.4 is 5.31 Å². The first-order valence-corrected chi connectivity index (χ1v) is 3.23. The maximum atomic E-state index is 7.33. The van der Waals surface area contributed by atoms with Crippen molar-refractivity contribution < 1.29 is 1.41 Å². The molecule has 3 heterocycles. The topological polar surface area (TPSA) is 15.3 Å². The maximum absolute atomic E-state index is 7.33. The second kappa shape index (κ2) is 1.45. The van der Waals surface area contributed by atoms with Gasteiger partial charge in [0.1, 0.15) is 1.41 Å². The number of nitrogens with zero attached hydrogens (tertiary/aromatic N) is 1. The van der Waals surface area contributed by atoms with Gasteiger partial charge in [-0.3, -0.25) is 4.90 Å². The minimum atomic E-state index is 0.696. The summed E-state index contributed by atoms with van der Waals surface area (Å²) in [7, 11) is 2.16. The molecular weight excluding hydrogens is 100 g/mol. The molecule has 0 aliphatic carbocycles. The fraction of sp³-hybridized carbons (Fsp3) is 1.00. The van der Waals surface area contributed by atoms with E-state index in [1.54, 1.807) is 5.31 Å². The van der Waals surface area contributed by atoms with Crippen molar-refractivity contribution in [3.8, 4) is 0 Å². The SMILES string of the molecule is [2H]N1CC2CC(C1)N2C. The van der Waals surface area contributed by atoms with Gasteiger partial charge in [-0.1, -0.05) is 0 Å². The number of likely N-dealkylation sites (N-methyl/N-ethyl adjacent to an activating group) is 1. The highest BCUT2D eigenvalue weighted by Crippen LogP contribution is 2.25. The molecule has 3 aliphatic rings. The Kier molecular flexibility index (Phi) is 0.700. The highest BCUT2D eigenvalue weighted by Gasteiger charge is 2.37. The van der Waals surface area contributed by atoms with Crippen molar-refractivity contribution in [2.75, 3.05) is 20.1 Å². The van der Waals surface area contributed by atoms with Gasteiger partial charge in [-0.05, 0) is 13.5 Å². The molecule has 0 aromatic heterocycles. The highest BCUT2D eigenvalue weighted by atomic mass is 15.3. The van der Waals surface area contributed by atoms with Crippen LogP contribution in [0.2, 0.25) is 1.41 Å². The second-order valence-electron chi connectivity index (χ2n) is 2.80. The summed E-state index contributed by atoms with van der Waals surface area (Å²) < 4.78 is 7.33. The molecule has 2 nitrogen and oxygen atoms in total. The van der Waals surface area contributed by atoms with Crippen LogP contribution in [0.5, 0.6) is 0 Å². The van der Waals surface area contributed by atoms with Gasteiger partial charge in [0.2, 0.25) is 0 Å². The summed E-state index contributed by atoms with van der Waals surface area (Å²) in [5.41, 5.74) is 0. The molecule has 2 atom stereocenters. The van der Waals surface area contributed by atoms with E-state index in [9.17, 15) is 0 Å². The number of nitrogens with one attached hydrogen (secondary N) is 1. The lowest BCUT2D eigenvalue weighted by molar-refractivity contribution is 0.0125. The Hall–Kier alpha value is -0.0800. The molecule has 3 rings (SSSR count). The van der Waals surface area contributed by atoms with Crippen LogP contribution in [0.4, 0.5) is 0 Å². The lowest BCUT2D eigenvalue weighted by atomic mass is 9.90. The van der Waals surface area contributed by atoms with Crippen LogP contribution >= 0.6 is 0 Å². The van der Waals surface area contributed by atoms with Gasteiger partial charge in [0.15, 0.2) is 0 Å². The standard InChI is InChI=1S/C6H12N2/c1-8-5-2-6(8)4-7-3-5/h5-7H,2-4H2,1H3/i/hD. The van der Waals surface area contributed by atoms with E-state index >= 15 is 0 Å². The molecular formula is C6H12N2. The Morgan fingerprint density at radius 3 is 2.62 bits per heavy atom. The van der Waals surface area contributed by atoms with Gasteiger partial charge in [-0.2, -0.15) is 0 Å². The largest absolute Gasteiger partial charge is 0.314 e. The molecule has 3 aliphatic heterocycles. The van der Waals surface area contributed by atoms with Gasteiger partial charge in [0.05, 0.1) is 0 Å². The van der Waals surface area contributed by atoms with Crippen LogP contribution in [0, 0.1) is 0 Å². The van der Waals surface area contributed by atoms with Gasteiger partial charge in [-0.15, -0.1) is 0 Å². The van der Waals surface area contributed by atoms with Gasteiger partial charge >= 0.3 is 0 Å². The summed E-state index contributed by atoms with van der Waals surface area (Å²) in [5.74, 6) is 0. The van der Waals surface area contributed by atoms with E-state index in [1.807, 2.05) is 0 Å². The maximum Gasteiger partial charge on any atom is 0.122 e. The molecule has 0 amide bonds. The number of piperidine rings is 1. The highest BCUT2D eigenvalue weighted by molar-refractivity contribution is 4.97. The zero-order chi connectivity index (χ0) is 6.43. The van der Waals surface area contributed by atoms with Gasteiger partial charge in [0, 0.05) is 25.2 Å². The van der Waals surface area contributed by atoms with E-state index in [-0.39, 0.29) is 0 Å². The van der Waals surface area contributed by atoms with Crippen LogP contribution in [-0.2, 0) is 0 Å². The van der Waals surface area contributed by atoms with E-state index < -0.39 is 0 Å². The fourth-order valence-electron chi connectivity index (χ4n) is 1.59. The number of hydrogen-bond donors (Lipinski definition) is 1. The van der Waals surface area contributed by atoms with Crippen molar-refractivity contribution in [2.45, 2.75) is 18.5 Å². The Morgan fingerprint density at radius 1 is 1.62 bits per heavy atom. The van der Waals surface area contributed by atoms with Crippen molar-refractivity contribution in [2.24, 2.45) is 0 Å². The van der Waals surface area contributed by atoms with Gasteiger partial charge < -0.3 is 5.31 Å². The molecule has 2 heteroatoms. The fourth-order valence-corrected chi connectivity index (χ4v) is 1.59. The van der Waals surface area contributed by atoms with Gasteiger partial charge in [-0.25, -0.2) is 0 Å². The molecule has 0 saturated carbocycles. The molecule has 0 spiro atoms. The molecule has 8 heavy (non-hydrogen) atoms. The first-order valence-electron chi connectivity index (χ1n) is 3.68. The zero-order valence-corrected chi connectivity index (χ0v) is 5.17. The molecule has 3 fully saturated rings. The molecule has 2 bridgehead atoms. The Morgan fingerprint density at radius 2 is 2.25 bits per heavy atom. The van der Waals surface area contributed by atoms with Crippen molar-refractivity contribution in [1.29, 1.82) is 0 Å². The van der Waals surface area contributed by atoms with E-state index in [1.165, 1.54) is 6.42 Å². The monoisotopic (exact) mass is 113 g/mol. The number of rotatable bonds is 0. The van der Waals surface area contributed by atoms with Crippen LogP contribution in [0.3, 0.4) is 0 Å². The third-order valence-corrected chi connectivity index (χ3v) is 2.38. The predicted molar refractivity (Wildman–Crippen MR) is 32.8 cm³/mol. The van der Waals surface area contributed by atoms with E-state index in [2.05, 4.69) is 11.9 Å². The second-order valence-corrected chi connectivity index (χ2v) is 2.80. The summed E-state index contributed by atoms with van der Waals surface area (Å²) in [6.07, 6.45) is 1.33. The van der Waals surface area contributed by atoms with Crippen LogP contribution in [0.25, 0.3) is 0 Å². The van der Waals surface area contributed by atoms with E-state index in [0.717, 1.165) is 13.1 Å². The minimum absolute atomic E-state index is 0.696. The van der Waals surface area contributed by atoms with Crippen LogP contribution in [0.15, 0.2) is 0 Å². The summed E-state index contributed by atoms with van der Waals surface area (Å²) >= 11 is 0. The zero-order valence-electron chi connectivity index (χ0n) is 6.17. The van der Waals surface area contributed by atoms with Gasteiger partial charge in [0.25, 0.3) is 0 Å². The normalized spacial score (nSPS) is 50.4. The number of hydrogen-bond acceptors (Lipinski definition) is 2. The first kappa shape index (κ1) is 3.85. The quantitative estimate of drug-likeness (QED) is 0.462. The average molecular weight is 113 g/mol. The molecule has 0 aromatic rings. The van der Waals surface area contributed by atoms with Crippen molar-refractivity contribution in [1.82, 2.24) is 10.2 Å². The lowest BCUT2D eigenvalue weighted by Gasteiger charge is -2.51. The molecule has 0 radical (unpaired) electrons. The smallest absolute Gasteiger partial charge is 0.122 e. The van der Waals surface area contributed by atoms with Crippen molar-refractivity contribution >= 4 is 0 Å². The summed E-state index contributed by atoms with van der Waals surface area (Å²) in [4.78, 5) is 2.38. The predicted octanol–water partition coefficient (Wildman–Crippen LogP) is -0.338.